The average molecular weight is 521 g/mol. The number of pyridine rings is 1. The van der Waals surface area contributed by atoms with Crippen molar-refractivity contribution in [3.8, 4) is 11.1 Å². The van der Waals surface area contributed by atoms with Gasteiger partial charge in [-0.1, -0.05) is 30.3 Å². The number of alkyl halides is 3. The van der Waals surface area contributed by atoms with E-state index < -0.39 is 15.6 Å². The highest BCUT2D eigenvalue weighted by Crippen LogP contribution is 2.27. The van der Waals surface area contributed by atoms with Crippen molar-refractivity contribution in [3.05, 3.63) is 82.7 Å². The van der Waals surface area contributed by atoms with Crippen LogP contribution in [0.3, 0.4) is 0 Å². The predicted molar refractivity (Wildman–Crippen MR) is 134 cm³/mol. The minimum atomic E-state index is -6.09. The molecule has 0 aliphatic rings. The normalized spacial score (nSPS) is 12.0. The van der Waals surface area contributed by atoms with E-state index >= 15 is 0 Å². The van der Waals surface area contributed by atoms with E-state index in [4.69, 9.17) is 13.0 Å². The Balaban J connectivity index is 0.000000371. The van der Waals surface area contributed by atoms with E-state index in [1.54, 1.807) is 11.3 Å². The summed E-state index contributed by atoms with van der Waals surface area (Å²) in [5, 5.41) is 3.47. The Morgan fingerprint density at radius 1 is 0.943 bits per heavy atom. The minimum Gasteiger partial charge on any atom is -0.741 e. The summed E-state index contributed by atoms with van der Waals surface area (Å²) in [6.45, 7) is 0. The summed E-state index contributed by atoms with van der Waals surface area (Å²) < 4.78 is 61.1. The number of nitrogens with zero attached hydrogens (tertiary/aromatic N) is 2. The molecule has 0 aliphatic heterocycles. The van der Waals surface area contributed by atoms with Gasteiger partial charge in [-0.25, -0.2) is 8.42 Å². The van der Waals surface area contributed by atoms with Crippen molar-refractivity contribution >= 4 is 50.2 Å². The van der Waals surface area contributed by atoms with Crippen molar-refractivity contribution in [3.63, 3.8) is 0 Å². The van der Waals surface area contributed by atoms with Gasteiger partial charge in [-0.3, -0.25) is 0 Å². The van der Waals surface area contributed by atoms with E-state index in [0.29, 0.717) is 0 Å². The molecule has 0 N–H and O–H groups in total. The summed E-state index contributed by atoms with van der Waals surface area (Å²) >= 11 is 1.78. The zero-order valence-corrected chi connectivity index (χ0v) is 20.8. The first-order valence-electron chi connectivity index (χ1n) is 10.3. The molecular weight excluding hydrogens is 497 g/mol. The lowest BCUT2D eigenvalue weighted by Crippen LogP contribution is -2.32. The number of rotatable bonds is 4. The largest absolute Gasteiger partial charge is 0.741 e. The fourth-order valence-corrected chi connectivity index (χ4v) is 4.05. The zero-order chi connectivity index (χ0) is 25.8. The molecule has 184 valence electrons. The quantitative estimate of drug-likeness (QED) is 0.197. The number of anilines is 1. The van der Waals surface area contributed by atoms with Crippen LogP contribution in [0, 0.1) is 0 Å². The first-order chi connectivity index (χ1) is 16.4. The van der Waals surface area contributed by atoms with Gasteiger partial charge >= 0.3 is 5.51 Å². The molecule has 0 saturated carbocycles. The molecule has 4 rings (SSSR count). The summed E-state index contributed by atoms with van der Waals surface area (Å²) in [5.41, 5.74) is 0.541. The highest BCUT2D eigenvalue weighted by molar-refractivity contribution is 7.86. The van der Waals surface area contributed by atoms with Gasteiger partial charge in [-0.2, -0.15) is 17.7 Å². The van der Waals surface area contributed by atoms with Gasteiger partial charge < -0.3 is 9.45 Å². The summed E-state index contributed by atoms with van der Waals surface area (Å²) in [4.78, 5) is 3.39. The van der Waals surface area contributed by atoms with Crippen molar-refractivity contribution in [2.24, 2.45) is 7.05 Å². The monoisotopic (exact) mass is 520 g/mol. The molecule has 4 aromatic rings. The average Bonchev–Trinajstić information content (AvgIpc) is 3.27. The maximum absolute atomic E-state index is 10.7. The fraction of sp³-hybridized carbons (Fsp3) is 0.160. The number of aryl methyl sites for hydroxylation is 1. The van der Waals surface area contributed by atoms with Crippen LogP contribution in [0.1, 0.15) is 10.6 Å². The number of thiophene rings is 1. The van der Waals surface area contributed by atoms with Crippen molar-refractivity contribution in [1.82, 2.24) is 0 Å². The van der Waals surface area contributed by atoms with Gasteiger partial charge in [0.15, 0.2) is 10.1 Å². The van der Waals surface area contributed by atoms with Gasteiger partial charge in [-0.05, 0) is 46.8 Å². The summed E-state index contributed by atoms with van der Waals surface area (Å²) in [7, 11) is 0.181. The van der Waals surface area contributed by atoms with Crippen molar-refractivity contribution in [1.29, 1.82) is 0 Å². The smallest absolute Gasteiger partial charge is 0.485 e. The Morgan fingerprint density at radius 2 is 1.60 bits per heavy atom. The third-order valence-corrected chi connectivity index (χ3v) is 6.60. The molecular formula is C25H23F3N2O3S2. The van der Waals surface area contributed by atoms with Crippen molar-refractivity contribution in [2.75, 3.05) is 19.0 Å². The van der Waals surface area contributed by atoms with Gasteiger partial charge in [0.05, 0.1) is 0 Å². The van der Waals surface area contributed by atoms with Crippen LogP contribution in [-0.4, -0.2) is 32.6 Å². The van der Waals surface area contributed by atoms with Gasteiger partial charge in [0.1, 0.15) is 7.05 Å². The van der Waals surface area contributed by atoms with Crippen LogP contribution in [0.15, 0.2) is 72.1 Å². The molecule has 0 unspecified atom stereocenters. The topological polar surface area (TPSA) is 64.3 Å². The lowest BCUT2D eigenvalue weighted by atomic mass is 10.1. The Labute approximate surface area is 206 Å². The molecule has 0 amide bonds. The van der Waals surface area contributed by atoms with Crippen LogP contribution in [-0.2, 0) is 17.2 Å². The molecule has 0 atom stereocenters. The maximum Gasteiger partial charge on any atom is 0.485 e. The van der Waals surface area contributed by atoms with Gasteiger partial charge in [-0.15, -0.1) is 11.3 Å². The fourth-order valence-electron chi connectivity index (χ4n) is 3.24. The highest BCUT2D eigenvalue weighted by Gasteiger charge is 2.36. The molecule has 0 radical (unpaired) electrons. The molecule has 2 aromatic carbocycles. The Bertz CT molecular complexity index is 1450. The second kappa shape index (κ2) is 10.6. The second-order valence-electron chi connectivity index (χ2n) is 7.79. The number of halogens is 3. The van der Waals surface area contributed by atoms with E-state index in [2.05, 4.69) is 115 Å². The van der Waals surface area contributed by atoms with Crippen LogP contribution in [0.5, 0.6) is 0 Å². The number of fused-ring (bicyclic) bond motifs is 1. The molecule has 0 bridgehead atoms. The first kappa shape index (κ1) is 26.4. The van der Waals surface area contributed by atoms with Crippen molar-refractivity contribution < 1.29 is 30.7 Å². The van der Waals surface area contributed by atoms with E-state index in [-0.39, 0.29) is 0 Å². The van der Waals surface area contributed by atoms with Gasteiger partial charge in [0.2, 0.25) is 11.2 Å². The molecule has 10 heteroatoms. The maximum atomic E-state index is 10.7. The van der Waals surface area contributed by atoms with Crippen LogP contribution < -0.4 is 9.47 Å². The molecule has 2 heterocycles. The number of aromatic nitrogens is 1. The standard InChI is InChI=1S/C24H23N2S.CHF3O3S/c1-25(2)22-12-14-24-19(15-22)9-10-21(26(24)3)11-13-23-16-20(17-27-23)18-7-5-4-6-8-18;2-1(3,4)8(5,6)7/h4-17H,1-3H3;(H,5,6,7)/q+1;/p-1/b13-11+;. The Morgan fingerprint density at radius 3 is 2.20 bits per heavy atom. The van der Waals surface area contributed by atoms with Gasteiger partial charge in [0.25, 0.3) is 0 Å². The molecule has 0 fully saturated rings. The SMILES string of the molecule is CN(C)c1ccc2c(ccc(/C=C/c3cc(-c4ccccc4)cs3)[n+]2C)c1.O=S(=O)([O-])C(F)(F)F. The molecule has 2 aromatic heterocycles. The van der Waals surface area contributed by atoms with E-state index in [1.807, 2.05) is 0 Å². The van der Waals surface area contributed by atoms with Crippen molar-refractivity contribution in [2.45, 2.75) is 5.51 Å². The van der Waals surface area contributed by atoms with Crippen LogP contribution >= 0.6 is 11.3 Å². The molecule has 0 saturated heterocycles. The summed E-state index contributed by atoms with van der Waals surface area (Å²) in [5.74, 6) is 0. The first-order valence-corrected chi connectivity index (χ1v) is 12.6. The van der Waals surface area contributed by atoms with Crippen LogP contribution in [0.2, 0.25) is 0 Å². The molecule has 0 aliphatic carbocycles. The third-order valence-electron chi connectivity index (χ3n) is 5.14. The summed E-state index contributed by atoms with van der Waals surface area (Å²) in [6.07, 6.45) is 4.40. The van der Waals surface area contributed by atoms with E-state index in [9.17, 15) is 13.2 Å². The van der Waals surface area contributed by atoms with Gasteiger partial charge in [0, 0.05) is 48.3 Å². The Kier molecular flexibility index (Phi) is 7.99. The lowest BCUT2D eigenvalue weighted by Gasteiger charge is -2.12. The Hall–Kier alpha value is -3.21. The summed E-state index contributed by atoms with van der Waals surface area (Å²) in [6, 6.07) is 23.8. The predicted octanol–water partition coefficient (Wildman–Crippen LogP) is 5.68. The third kappa shape index (κ3) is 6.68. The highest BCUT2D eigenvalue weighted by atomic mass is 32.2. The molecule has 35 heavy (non-hydrogen) atoms. The van der Waals surface area contributed by atoms with E-state index in [0.717, 1.165) is 0 Å². The van der Waals surface area contributed by atoms with Crippen LogP contribution in [0.4, 0.5) is 18.9 Å². The molecule has 0 spiro atoms. The number of hydrogen-bond donors (Lipinski definition) is 0. The minimum absolute atomic E-state index is 1.19. The lowest BCUT2D eigenvalue weighted by molar-refractivity contribution is -0.646. The zero-order valence-electron chi connectivity index (χ0n) is 19.2. The number of hydrogen-bond acceptors (Lipinski definition) is 5. The second-order valence-corrected chi connectivity index (χ2v) is 10.1. The number of benzene rings is 2. The van der Waals surface area contributed by atoms with E-state index in [1.165, 1.54) is 38.3 Å². The van der Waals surface area contributed by atoms with Crippen LogP contribution in [0.25, 0.3) is 34.2 Å². The molecule has 5 nitrogen and oxygen atoms in total.